The minimum absolute atomic E-state index is 0.0224. The highest BCUT2D eigenvalue weighted by molar-refractivity contribution is 5.96. The maximum atomic E-state index is 13.2. The number of nitrogens with one attached hydrogen (secondary N) is 1. The Morgan fingerprint density at radius 2 is 1.62 bits per heavy atom. The molecule has 3 fully saturated rings. The van der Waals surface area contributed by atoms with Crippen LogP contribution in [-0.4, -0.2) is 83.2 Å². The van der Waals surface area contributed by atoms with Crippen LogP contribution in [0.4, 0.5) is 0 Å². The highest BCUT2D eigenvalue weighted by Gasteiger charge is 2.42. The van der Waals surface area contributed by atoms with Gasteiger partial charge in [0, 0.05) is 58.9 Å². The zero-order chi connectivity index (χ0) is 26.1. The van der Waals surface area contributed by atoms with Crippen molar-refractivity contribution in [3.63, 3.8) is 0 Å². The highest BCUT2D eigenvalue weighted by Crippen LogP contribution is 2.33. The van der Waals surface area contributed by atoms with Crippen LogP contribution in [-0.2, 0) is 9.59 Å². The van der Waals surface area contributed by atoms with E-state index in [-0.39, 0.29) is 29.7 Å². The van der Waals surface area contributed by atoms with Crippen molar-refractivity contribution in [2.45, 2.75) is 33.2 Å². The number of likely N-dealkylation sites (tertiary alicyclic amines) is 3. The monoisotopic (exact) mass is 503 g/mol. The number of rotatable bonds is 7. The molecule has 8 nitrogen and oxygen atoms in total. The number of aromatic nitrogens is 1. The SMILES string of the molecule is CC(=O)N1CC(C(=O)N[C@@H](CCN2CC3CN(C(=O)c4c(C)ccnc4C)CC3C2)c2ccccc2)C1. The lowest BCUT2D eigenvalue weighted by molar-refractivity contribution is -0.141. The van der Waals surface area contributed by atoms with E-state index >= 15 is 0 Å². The molecule has 3 saturated heterocycles. The molecule has 1 N–H and O–H groups in total. The Morgan fingerprint density at radius 1 is 0.946 bits per heavy atom. The number of benzene rings is 1. The van der Waals surface area contributed by atoms with Gasteiger partial charge in [0.2, 0.25) is 11.8 Å². The Labute approximate surface area is 219 Å². The first-order valence-corrected chi connectivity index (χ1v) is 13.3. The van der Waals surface area contributed by atoms with Gasteiger partial charge in [-0.25, -0.2) is 0 Å². The van der Waals surface area contributed by atoms with Gasteiger partial charge in [0.15, 0.2) is 0 Å². The number of nitrogens with zero attached hydrogens (tertiary/aromatic N) is 4. The second-order valence-corrected chi connectivity index (χ2v) is 11.0. The molecule has 2 aromatic rings. The summed E-state index contributed by atoms with van der Waals surface area (Å²) in [5.74, 6) is 0.998. The number of pyridine rings is 1. The van der Waals surface area contributed by atoms with E-state index in [1.807, 2.05) is 43.0 Å². The summed E-state index contributed by atoms with van der Waals surface area (Å²) in [6, 6.07) is 12.0. The summed E-state index contributed by atoms with van der Waals surface area (Å²) in [5.41, 5.74) is 3.64. The molecule has 1 aromatic carbocycles. The molecule has 3 aliphatic rings. The fourth-order valence-electron chi connectivity index (χ4n) is 6.12. The van der Waals surface area contributed by atoms with Gasteiger partial charge in [0.1, 0.15) is 0 Å². The molecule has 8 heteroatoms. The second-order valence-electron chi connectivity index (χ2n) is 11.0. The van der Waals surface area contributed by atoms with Crippen molar-refractivity contribution in [2.24, 2.45) is 17.8 Å². The summed E-state index contributed by atoms with van der Waals surface area (Å²) in [7, 11) is 0. The standard InChI is InChI=1S/C29H37N5O3/c1-19-9-11-30-20(2)27(19)29(37)34-15-23-13-32(14-24(23)16-34)12-10-26(22-7-5-4-6-8-22)31-28(36)25-17-33(18-25)21(3)35/h4-9,11,23-26H,10,12-18H2,1-3H3,(H,31,36)/t23?,24?,26-/m0/s1. The van der Waals surface area contributed by atoms with Crippen LogP contribution in [0.3, 0.4) is 0 Å². The van der Waals surface area contributed by atoms with Crippen molar-refractivity contribution in [3.05, 3.63) is 65.0 Å². The van der Waals surface area contributed by atoms with Crippen LogP contribution in [0.2, 0.25) is 0 Å². The summed E-state index contributed by atoms with van der Waals surface area (Å²) >= 11 is 0. The molecule has 0 bridgehead atoms. The lowest BCUT2D eigenvalue weighted by Gasteiger charge is -2.38. The number of carbonyl (C=O) groups is 3. The summed E-state index contributed by atoms with van der Waals surface area (Å²) in [5, 5.41) is 3.26. The Hall–Kier alpha value is -3.26. The van der Waals surface area contributed by atoms with Gasteiger partial charge in [-0.2, -0.15) is 0 Å². The number of hydrogen-bond acceptors (Lipinski definition) is 5. The third-order valence-corrected chi connectivity index (χ3v) is 8.36. The number of hydrogen-bond donors (Lipinski definition) is 1. The lowest BCUT2D eigenvalue weighted by Crippen LogP contribution is -2.55. The normalized spacial score (nSPS) is 22.5. The van der Waals surface area contributed by atoms with Gasteiger partial charge in [0.05, 0.1) is 23.2 Å². The molecule has 37 heavy (non-hydrogen) atoms. The van der Waals surface area contributed by atoms with Crippen molar-refractivity contribution in [1.82, 2.24) is 25.0 Å². The molecule has 2 unspecified atom stereocenters. The Balaban J connectivity index is 1.15. The number of fused-ring (bicyclic) bond motifs is 1. The third kappa shape index (κ3) is 5.39. The van der Waals surface area contributed by atoms with Gasteiger partial charge >= 0.3 is 0 Å². The van der Waals surface area contributed by atoms with Crippen LogP contribution < -0.4 is 5.32 Å². The van der Waals surface area contributed by atoms with Gasteiger partial charge in [-0.15, -0.1) is 0 Å². The second kappa shape index (κ2) is 10.6. The van der Waals surface area contributed by atoms with Crippen LogP contribution in [0, 0.1) is 31.6 Å². The summed E-state index contributed by atoms with van der Waals surface area (Å²) in [4.78, 5) is 48.2. The highest BCUT2D eigenvalue weighted by atomic mass is 16.2. The molecule has 196 valence electrons. The summed E-state index contributed by atoms with van der Waals surface area (Å²) in [6.45, 7) is 10.9. The zero-order valence-electron chi connectivity index (χ0n) is 22.0. The van der Waals surface area contributed by atoms with Gasteiger partial charge in [0.25, 0.3) is 5.91 Å². The molecule has 3 amide bonds. The van der Waals surface area contributed by atoms with E-state index in [2.05, 4.69) is 27.3 Å². The van der Waals surface area contributed by atoms with Crippen LogP contribution >= 0.6 is 0 Å². The Morgan fingerprint density at radius 3 is 2.24 bits per heavy atom. The topological polar surface area (TPSA) is 85.9 Å². The first kappa shape index (κ1) is 25.4. The number of aryl methyl sites for hydroxylation is 2. The van der Waals surface area contributed by atoms with Gasteiger partial charge in [-0.05, 0) is 49.3 Å². The molecule has 0 saturated carbocycles. The summed E-state index contributed by atoms with van der Waals surface area (Å²) in [6.07, 6.45) is 2.59. The summed E-state index contributed by atoms with van der Waals surface area (Å²) < 4.78 is 0. The largest absolute Gasteiger partial charge is 0.349 e. The van der Waals surface area contributed by atoms with E-state index in [1.54, 1.807) is 18.0 Å². The van der Waals surface area contributed by atoms with Crippen molar-refractivity contribution in [2.75, 3.05) is 45.8 Å². The molecular weight excluding hydrogens is 466 g/mol. The molecule has 3 aliphatic heterocycles. The van der Waals surface area contributed by atoms with Crippen molar-refractivity contribution in [1.29, 1.82) is 0 Å². The Bertz CT molecular complexity index is 1130. The van der Waals surface area contributed by atoms with Gasteiger partial charge < -0.3 is 20.0 Å². The minimum atomic E-state index is -0.128. The van der Waals surface area contributed by atoms with E-state index in [1.165, 1.54) is 0 Å². The molecule has 0 spiro atoms. The fourth-order valence-corrected chi connectivity index (χ4v) is 6.12. The smallest absolute Gasteiger partial charge is 0.255 e. The number of amides is 3. The Kier molecular flexibility index (Phi) is 7.29. The van der Waals surface area contributed by atoms with E-state index < -0.39 is 0 Å². The average Bonchev–Trinajstić information content (AvgIpc) is 3.40. The van der Waals surface area contributed by atoms with Crippen LogP contribution in [0.1, 0.15) is 46.6 Å². The van der Waals surface area contributed by atoms with Crippen molar-refractivity contribution >= 4 is 17.7 Å². The quantitative estimate of drug-likeness (QED) is 0.627. The average molecular weight is 504 g/mol. The lowest BCUT2D eigenvalue weighted by atomic mass is 9.97. The first-order valence-electron chi connectivity index (χ1n) is 13.3. The van der Waals surface area contributed by atoms with Gasteiger partial charge in [-0.3, -0.25) is 19.4 Å². The predicted molar refractivity (Wildman–Crippen MR) is 141 cm³/mol. The minimum Gasteiger partial charge on any atom is -0.349 e. The zero-order valence-corrected chi connectivity index (χ0v) is 22.0. The van der Waals surface area contributed by atoms with Gasteiger partial charge in [-0.1, -0.05) is 30.3 Å². The number of carbonyl (C=O) groups excluding carboxylic acids is 3. The fraction of sp³-hybridized carbons (Fsp3) is 0.517. The van der Waals surface area contributed by atoms with Crippen molar-refractivity contribution < 1.29 is 14.4 Å². The maximum Gasteiger partial charge on any atom is 0.255 e. The molecule has 5 rings (SSSR count). The maximum absolute atomic E-state index is 13.2. The first-order chi connectivity index (χ1) is 17.8. The van der Waals surface area contributed by atoms with Crippen LogP contribution in [0.5, 0.6) is 0 Å². The van der Waals surface area contributed by atoms with E-state index in [4.69, 9.17) is 0 Å². The van der Waals surface area contributed by atoms with Crippen LogP contribution in [0.25, 0.3) is 0 Å². The van der Waals surface area contributed by atoms with Crippen LogP contribution in [0.15, 0.2) is 42.6 Å². The molecule has 1 aromatic heterocycles. The molecule has 0 radical (unpaired) electrons. The molecule has 0 aliphatic carbocycles. The van der Waals surface area contributed by atoms with E-state index in [0.717, 1.165) is 61.5 Å². The molecule has 4 heterocycles. The molecular formula is C29H37N5O3. The van der Waals surface area contributed by atoms with E-state index in [0.29, 0.717) is 24.9 Å². The third-order valence-electron chi connectivity index (χ3n) is 8.36. The van der Waals surface area contributed by atoms with E-state index in [9.17, 15) is 14.4 Å². The predicted octanol–water partition coefficient (Wildman–Crippen LogP) is 2.43. The molecule has 3 atom stereocenters. The van der Waals surface area contributed by atoms with Crippen molar-refractivity contribution in [3.8, 4) is 0 Å².